The van der Waals surface area contributed by atoms with Gasteiger partial charge in [0.15, 0.2) is 23.5 Å². The molecular weight excluding hydrogens is 470 g/mol. The number of Topliss-reactive ketones (excluding diaryl/α,β-unsaturated/α-hetero) is 1. The van der Waals surface area contributed by atoms with Gasteiger partial charge in [0.1, 0.15) is 6.61 Å². The van der Waals surface area contributed by atoms with Crippen LogP contribution in [0.1, 0.15) is 45.1 Å². The fourth-order valence-electron chi connectivity index (χ4n) is 8.65. The van der Waals surface area contributed by atoms with Gasteiger partial charge >= 0.3 is 0 Å². The molecule has 7 nitrogen and oxygen atoms in total. The smallest absolute Gasteiger partial charge is 0.193 e. The lowest BCUT2D eigenvalue weighted by molar-refractivity contribution is -0.193. The molecule has 7 heteroatoms. The fraction of sp³-hybridized carbons (Fsp3) is 0.533. The number of hydrogen-bond donors (Lipinski definition) is 3. The van der Waals surface area contributed by atoms with E-state index in [4.69, 9.17) is 15.2 Å². The number of nitrogens with two attached hydrogens (primary N) is 1. The normalized spacial score (nSPS) is 44.2. The summed E-state index contributed by atoms with van der Waals surface area (Å²) in [6.45, 7) is 3.51. The van der Waals surface area contributed by atoms with Gasteiger partial charge in [-0.3, -0.25) is 9.59 Å². The van der Waals surface area contributed by atoms with Crippen LogP contribution < -0.4 is 5.73 Å². The highest BCUT2D eigenvalue weighted by Crippen LogP contribution is 2.69. The third-order valence-electron chi connectivity index (χ3n) is 10.2. The summed E-state index contributed by atoms with van der Waals surface area (Å²) in [5.74, 6) is -0.239. The standard InChI is InChI=1S/C30H35NO6/c1-28-11-10-20(33)13-18(28)7-8-21-22-14-25-30(24(35)16-32,29(22,2)15-23(34)27(21)28)37-26(36-25)9-6-17-4-3-5-19(31)12-17/h3-6,9-13,21-23,25-27,32,34H,7-8,14-16,31H2,1-2H3/b9-6+/t21?,22?,23-,25+,26+,27+,28-,29?,30+/m0/s1. The van der Waals surface area contributed by atoms with Crippen molar-refractivity contribution in [3.8, 4) is 0 Å². The Morgan fingerprint density at radius 3 is 2.86 bits per heavy atom. The Hall–Kier alpha value is -2.58. The molecule has 0 amide bonds. The second-order valence-electron chi connectivity index (χ2n) is 11.9. The highest BCUT2D eigenvalue weighted by atomic mass is 16.7. The molecule has 0 radical (unpaired) electrons. The minimum absolute atomic E-state index is 0.00282. The number of nitrogen functional groups attached to an aromatic ring is 1. The average molecular weight is 506 g/mol. The van der Waals surface area contributed by atoms with Crippen molar-refractivity contribution in [3.05, 3.63) is 59.7 Å². The topological polar surface area (TPSA) is 119 Å². The molecule has 0 bridgehead atoms. The van der Waals surface area contributed by atoms with Gasteiger partial charge in [0, 0.05) is 22.4 Å². The summed E-state index contributed by atoms with van der Waals surface area (Å²) in [4.78, 5) is 25.6. The van der Waals surface area contributed by atoms with Crippen LogP contribution in [0.4, 0.5) is 5.69 Å². The predicted molar refractivity (Wildman–Crippen MR) is 138 cm³/mol. The number of rotatable bonds is 4. The molecule has 1 saturated heterocycles. The van der Waals surface area contributed by atoms with Crippen molar-refractivity contribution in [3.63, 3.8) is 0 Å². The Balaban J connectivity index is 1.34. The Bertz CT molecular complexity index is 1240. The van der Waals surface area contributed by atoms with Crippen molar-refractivity contribution in [1.29, 1.82) is 0 Å². The number of carbonyl (C=O) groups is 2. The molecule has 1 aliphatic heterocycles. The zero-order chi connectivity index (χ0) is 26.2. The molecule has 1 aromatic carbocycles. The monoisotopic (exact) mass is 505 g/mol. The Morgan fingerprint density at radius 1 is 1.30 bits per heavy atom. The molecule has 6 rings (SSSR count). The number of aliphatic hydroxyl groups excluding tert-OH is 2. The van der Waals surface area contributed by atoms with Gasteiger partial charge in [0.2, 0.25) is 0 Å². The lowest BCUT2D eigenvalue weighted by Gasteiger charge is -2.59. The van der Waals surface area contributed by atoms with E-state index in [2.05, 4.69) is 6.92 Å². The van der Waals surface area contributed by atoms with Crippen molar-refractivity contribution in [2.24, 2.45) is 28.6 Å². The molecule has 37 heavy (non-hydrogen) atoms. The minimum Gasteiger partial charge on any atom is -0.399 e. The summed E-state index contributed by atoms with van der Waals surface area (Å²) in [7, 11) is 0. The average Bonchev–Trinajstić information content (AvgIpc) is 3.35. The highest BCUT2D eigenvalue weighted by molar-refractivity contribution is 6.01. The lowest BCUT2D eigenvalue weighted by atomic mass is 9.46. The molecule has 0 spiro atoms. The fourth-order valence-corrected chi connectivity index (χ4v) is 8.65. The first kappa shape index (κ1) is 24.7. The maximum Gasteiger partial charge on any atom is 0.193 e. The third-order valence-corrected chi connectivity index (χ3v) is 10.2. The summed E-state index contributed by atoms with van der Waals surface area (Å²) < 4.78 is 12.9. The van der Waals surface area contributed by atoms with Gasteiger partial charge in [0.25, 0.3) is 0 Å². The van der Waals surface area contributed by atoms with E-state index in [0.29, 0.717) is 18.5 Å². The van der Waals surface area contributed by atoms with E-state index < -0.39 is 47.3 Å². The van der Waals surface area contributed by atoms with Crippen molar-refractivity contribution in [2.45, 2.75) is 63.6 Å². The molecule has 3 unspecified atom stereocenters. The van der Waals surface area contributed by atoms with Crippen LogP contribution in [0.15, 0.2) is 54.1 Å². The van der Waals surface area contributed by atoms with Gasteiger partial charge in [-0.25, -0.2) is 0 Å². The van der Waals surface area contributed by atoms with Crippen LogP contribution in [-0.4, -0.2) is 52.5 Å². The van der Waals surface area contributed by atoms with E-state index in [1.807, 2.05) is 43.3 Å². The van der Waals surface area contributed by atoms with Crippen molar-refractivity contribution in [2.75, 3.05) is 12.3 Å². The third kappa shape index (κ3) is 3.41. The molecule has 1 heterocycles. The van der Waals surface area contributed by atoms with Gasteiger partial charge in [0.05, 0.1) is 12.2 Å². The van der Waals surface area contributed by atoms with E-state index in [9.17, 15) is 19.8 Å². The number of allylic oxidation sites excluding steroid dienone is 4. The minimum atomic E-state index is -1.33. The molecule has 4 fully saturated rings. The quantitative estimate of drug-likeness (QED) is 0.538. The molecule has 0 aromatic heterocycles. The summed E-state index contributed by atoms with van der Waals surface area (Å²) in [5, 5.41) is 21.7. The second kappa shape index (κ2) is 8.46. The molecule has 4 N–H and O–H groups in total. The van der Waals surface area contributed by atoms with Gasteiger partial charge < -0.3 is 25.4 Å². The van der Waals surface area contributed by atoms with Crippen LogP contribution in [0.25, 0.3) is 6.08 Å². The van der Waals surface area contributed by atoms with E-state index in [1.165, 1.54) is 0 Å². The number of ketones is 2. The number of hydrogen-bond acceptors (Lipinski definition) is 7. The SMILES string of the molecule is CC12C[C@H](O)[C@H]3C(CCC4=CC(=O)C=C[C@@]43C)C1C[C@H]1O[C@@H](/C=C/c3cccc(N)c3)O[C@]12C(=O)CO. The van der Waals surface area contributed by atoms with E-state index in [0.717, 1.165) is 24.0 Å². The van der Waals surface area contributed by atoms with E-state index >= 15 is 0 Å². The summed E-state index contributed by atoms with van der Waals surface area (Å²) in [5.41, 5.74) is 6.09. The molecule has 196 valence electrons. The Morgan fingerprint density at radius 2 is 2.11 bits per heavy atom. The zero-order valence-electron chi connectivity index (χ0n) is 21.3. The molecule has 3 saturated carbocycles. The number of carbonyl (C=O) groups excluding carboxylic acids is 2. The summed E-state index contributed by atoms with van der Waals surface area (Å²) in [6.07, 6.45) is 9.61. The molecule has 4 aliphatic carbocycles. The molecule has 5 aliphatic rings. The van der Waals surface area contributed by atoms with Crippen molar-refractivity contribution >= 4 is 23.3 Å². The largest absolute Gasteiger partial charge is 0.399 e. The lowest BCUT2D eigenvalue weighted by Crippen LogP contribution is -2.63. The second-order valence-corrected chi connectivity index (χ2v) is 11.9. The number of ether oxygens (including phenoxy) is 2. The summed E-state index contributed by atoms with van der Waals surface area (Å²) >= 11 is 0. The maximum atomic E-state index is 13.5. The van der Waals surface area contributed by atoms with Crippen LogP contribution in [0.2, 0.25) is 0 Å². The Labute approximate surface area is 217 Å². The van der Waals surface area contributed by atoms with Crippen molar-refractivity contribution < 1.29 is 29.3 Å². The number of aliphatic hydroxyl groups is 2. The first-order chi connectivity index (χ1) is 17.6. The van der Waals surface area contributed by atoms with Gasteiger partial charge in [-0.2, -0.15) is 0 Å². The number of benzene rings is 1. The van der Waals surface area contributed by atoms with Crippen LogP contribution in [0, 0.1) is 28.6 Å². The molecular formula is C30H35NO6. The zero-order valence-corrected chi connectivity index (χ0v) is 21.3. The van der Waals surface area contributed by atoms with Crippen LogP contribution in [-0.2, 0) is 19.1 Å². The van der Waals surface area contributed by atoms with E-state index in [-0.39, 0.29) is 23.5 Å². The van der Waals surface area contributed by atoms with Crippen LogP contribution in [0.3, 0.4) is 0 Å². The van der Waals surface area contributed by atoms with Crippen LogP contribution >= 0.6 is 0 Å². The van der Waals surface area contributed by atoms with Gasteiger partial charge in [-0.15, -0.1) is 0 Å². The molecule has 9 atom stereocenters. The van der Waals surface area contributed by atoms with Gasteiger partial charge in [-0.1, -0.05) is 43.7 Å². The maximum absolute atomic E-state index is 13.5. The number of fused-ring (bicyclic) bond motifs is 7. The predicted octanol–water partition coefficient (Wildman–Crippen LogP) is 3.21. The first-order valence-corrected chi connectivity index (χ1v) is 13.3. The van der Waals surface area contributed by atoms with Gasteiger partial charge in [-0.05, 0) is 73.4 Å². The molecule has 1 aromatic rings. The number of anilines is 1. The van der Waals surface area contributed by atoms with Crippen molar-refractivity contribution in [1.82, 2.24) is 0 Å². The van der Waals surface area contributed by atoms with E-state index in [1.54, 1.807) is 18.2 Å². The Kier molecular flexibility index (Phi) is 5.66. The summed E-state index contributed by atoms with van der Waals surface area (Å²) in [6, 6.07) is 7.44. The highest BCUT2D eigenvalue weighted by Gasteiger charge is 2.75. The van der Waals surface area contributed by atoms with Crippen LogP contribution in [0.5, 0.6) is 0 Å². The first-order valence-electron chi connectivity index (χ1n) is 13.3.